The number of amides is 1. The van der Waals surface area contributed by atoms with Crippen molar-refractivity contribution in [1.82, 2.24) is 4.90 Å². The molecule has 2 aliphatic heterocycles. The van der Waals surface area contributed by atoms with Crippen molar-refractivity contribution in [3.8, 4) is 5.75 Å². The van der Waals surface area contributed by atoms with Gasteiger partial charge in [-0.2, -0.15) is 0 Å². The Bertz CT molecular complexity index is 737. The minimum Gasteiger partial charge on any atom is -0.496 e. The minimum absolute atomic E-state index is 0. The molecule has 2 N–H and O–H groups in total. The molecule has 4 rings (SSSR count). The standard InChI is InChI=1S/C24H36N2O4.ClH/c1-3-14-29-20-8-7-18(16-19(20)25)23(27)26-12-10-24(11-13-26)22-17(9-15-30-24)5-4-6-21(22)28-2;/h4-6,18-20H,3,7-16,25H2,1-2H3;1H/t18-,19+,20+;/m0./s1. The van der Waals surface area contributed by atoms with Crippen LogP contribution in [0.15, 0.2) is 18.2 Å². The lowest BCUT2D eigenvalue weighted by Crippen LogP contribution is -2.52. The number of halogens is 1. The van der Waals surface area contributed by atoms with Gasteiger partial charge >= 0.3 is 0 Å². The van der Waals surface area contributed by atoms with Crippen molar-refractivity contribution in [2.45, 2.75) is 69.6 Å². The van der Waals surface area contributed by atoms with Gasteiger partial charge in [0.25, 0.3) is 0 Å². The van der Waals surface area contributed by atoms with Gasteiger partial charge in [0.2, 0.25) is 5.91 Å². The first kappa shape index (κ1) is 24.3. The van der Waals surface area contributed by atoms with Crippen LogP contribution >= 0.6 is 12.4 Å². The second-order valence-electron chi connectivity index (χ2n) is 9.00. The fourth-order valence-electron chi connectivity index (χ4n) is 5.52. The molecule has 6 nitrogen and oxygen atoms in total. The summed E-state index contributed by atoms with van der Waals surface area (Å²) in [4.78, 5) is 15.3. The van der Waals surface area contributed by atoms with Crippen molar-refractivity contribution < 1.29 is 19.0 Å². The van der Waals surface area contributed by atoms with Crippen LogP contribution in [0.1, 0.15) is 56.6 Å². The minimum atomic E-state index is -0.334. The second kappa shape index (κ2) is 10.5. The lowest BCUT2D eigenvalue weighted by Gasteiger charge is -2.46. The third-order valence-corrected chi connectivity index (χ3v) is 7.14. The van der Waals surface area contributed by atoms with Gasteiger partial charge in [-0.15, -0.1) is 12.4 Å². The average molecular weight is 453 g/mol. The van der Waals surface area contributed by atoms with E-state index < -0.39 is 0 Å². The summed E-state index contributed by atoms with van der Waals surface area (Å²) in [7, 11) is 1.72. The third kappa shape index (κ3) is 4.87. The molecule has 31 heavy (non-hydrogen) atoms. The number of nitrogens with two attached hydrogens (primary N) is 1. The summed E-state index contributed by atoms with van der Waals surface area (Å²) < 4.78 is 17.9. The molecule has 7 heteroatoms. The first-order valence-corrected chi connectivity index (χ1v) is 11.5. The molecule has 2 heterocycles. The lowest BCUT2D eigenvalue weighted by atomic mass is 9.78. The molecule has 0 unspecified atom stereocenters. The molecule has 0 radical (unpaired) electrons. The number of rotatable bonds is 5. The van der Waals surface area contributed by atoms with E-state index in [2.05, 4.69) is 19.1 Å². The number of nitrogens with zero attached hydrogens (tertiary/aromatic N) is 1. The van der Waals surface area contributed by atoms with Crippen LogP contribution in [0, 0.1) is 5.92 Å². The number of hydrogen-bond donors (Lipinski definition) is 1. The molecule has 1 aliphatic carbocycles. The largest absolute Gasteiger partial charge is 0.496 e. The molecule has 1 spiro atoms. The monoisotopic (exact) mass is 452 g/mol. The van der Waals surface area contributed by atoms with Crippen LogP contribution in [0.2, 0.25) is 0 Å². The maximum Gasteiger partial charge on any atom is 0.225 e. The third-order valence-electron chi connectivity index (χ3n) is 7.14. The summed E-state index contributed by atoms with van der Waals surface area (Å²) in [6, 6.07) is 6.21. The van der Waals surface area contributed by atoms with Gasteiger partial charge in [-0.1, -0.05) is 19.1 Å². The highest BCUT2D eigenvalue weighted by Gasteiger charge is 2.44. The number of carbonyl (C=O) groups is 1. The van der Waals surface area contributed by atoms with Crippen molar-refractivity contribution >= 4 is 18.3 Å². The van der Waals surface area contributed by atoms with Gasteiger partial charge in [0, 0.05) is 37.2 Å². The number of likely N-dealkylation sites (tertiary alicyclic amines) is 1. The van der Waals surface area contributed by atoms with Crippen LogP contribution in [0.4, 0.5) is 0 Å². The molecule has 1 aromatic rings. The number of piperidine rings is 1. The van der Waals surface area contributed by atoms with Crippen LogP contribution in [0.3, 0.4) is 0 Å². The van der Waals surface area contributed by atoms with Gasteiger partial charge in [0.1, 0.15) is 11.4 Å². The van der Waals surface area contributed by atoms with Gasteiger partial charge in [-0.3, -0.25) is 4.79 Å². The maximum absolute atomic E-state index is 13.2. The Morgan fingerprint density at radius 1 is 1.29 bits per heavy atom. The summed E-state index contributed by atoms with van der Waals surface area (Å²) in [5.74, 6) is 1.18. The van der Waals surface area contributed by atoms with E-state index in [0.717, 1.165) is 77.0 Å². The molecule has 0 bridgehead atoms. The summed E-state index contributed by atoms with van der Waals surface area (Å²) in [5.41, 5.74) is 8.52. The number of benzene rings is 1. The van der Waals surface area contributed by atoms with E-state index in [1.807, 2.05) is 11.0 Å². The van der Waals surface area contributed by atoms with Crippen LogP contribution in [0.5, 0.6) is 5.75 Å². The Kier molecular flexibility index (Phi) is 8.25. The predicted octanol–water partition coefficient (Wildman–Crippen LogP) is 3.43. The van der Waals surface area contributed by atoms with Crippen LogP contribution in [-0.4, -0.2) is 56.4 Å². The highest BCUT2D eigenvalue weighted by Crippen LogP contribution is 2.46. The molecule has 1 aromatic carbocycles. The molecular weight excluding hydrogens is 416 g/mol. The molecule has 1 saturated carbocycles. The zero-order valence-electron chi connectivity index (χ0n) is 18.8. The van der Waals surface area contributed by atoms with E-state index in [-0.39, 0.29) is 42.0 Å². The van der Waals surface area contributed by atoms with Crippen LogP contribution < -0.4 is 10.5 Å². The Hall–Kier alpha value is -1.34. The SMILES string of the molecule is CCCO[C@@H]1CC[C@H](C(=O)N2CCC3(CC2)OCCc2cccc(OC)c23)C[C@H]1N.Cl. The zero-order valence-corrected chi connectivity index (χ0v) is 19.6. The zero-order chi connectivity index (χ0) is 21.1. The Morgan fingerprint density at radius 2 is 2.06 bits per heavy atom. The van der Waals surface area contributed by atoms with Crippen molar-refractivity contribution in [1.29, 1.82) is 0 Å². The molecular formula is C24H37ClN2O4. The number of hydrogen-bond acceptors (Lipinski definition) is 5. The summed E-state index contributed by atoms with van der Waals surface area (Å²) in [6.45, 7) is 5.02. The summed E-state index contributed by atoms with van der Waals surface area (Å²) in [6.07, 6.45) is 6.11. The maximum atomic E-state index is 13.2. The molecule has 3 aliphatic rings. The van der Waals surface area contributed by atoms with Crippen molar-refractivity contribution in [2.24, 2.45) is 11.7 Å². The van der Waals surface area contributed by atoms with E-state index >= 15 is 0 Å². The lowest BCUT2D eigenvalue weighted by molar-refractivity contribution is -0.147. The normalized spacial score (nSPS) is 27.3. The molecule has 1 saturated heterocycles. The van der Waals surface area contributed by atoms with Gasteiger partial charge in [-0.25, -0.2) is 0 Å². The quantitative estimate of drug-likeness (QED) is 0.740. The Balaban J connectivity index is 0.00000272. The second-order valence-corrected chi connectivity index (χ2v) is 9.00. The molecule has 0 aromatic heterocycles. The Morgan fingerprint density at radius 3 is 2.74 bits per heavy atom. The molecule has 2 fully saturated rings. The number of methoxy groups -OCH3 is 1. The smallest absolute Gasteiger partial charge is 0.225 e. The van der Waals surface area contributed by atoms with E-state index in [9.17, 15) is 4.79 Å². The Labute approximate surface area is 192 Å². The van der Waals surface area contributed by atoms with Gasteiger partial charge in [-0.05, 0) is 56.6 Å². The number of ether oxygens (including phenoxy) is 3. The number of fused-ring (bicyclic) bond motifs is 2. The van der Waals surface area contributed by atoms with E-state index in [0.29, 0.717) is 0 Å². The molecule has 174 valence electrons. The van der Waals surface area contributed by atoms with Gasteiger partial charge in [0.15, 0.2) is 0 Å². The summed E-state index contributed by atoms with van der Waals surface area (Å²) in [5, 5.41) is 0. The van der Waals surface area contributed by atoms with E-state index in [4.69, 9.17) is 19.9 Å². The number of carbonyl (C=O) groups excluding carboxylic acids is 1. The van der Waals surface area contributed by atoms with Gasteiger partial charge < -0.3 is 24.8 Å². The first-order valence-electron chi connectivity index (χ1n) is 11.5. The first-order chi connectivity index (χ1) is 14.6. The van der Waals surface area contributed by atoms with Crippen molar-refractivity contribution in [2.75, 3.05) is 33.4 Å². The van der Waals surface area contributed by atoms with E-state index in [1.165, 1.54) is 11.1 Å². The van der Waals surface area contributed by atoms with E-state index in [1.54, 1.807) is 7.11 Å². The topological polar surface area (TPSA) is 74.0 Å². The fraction of sp³-hybridized carbons (Fsp3) is 0.708. The van der Waals surface area contributed by atoms with Crippen LogP contribution in [-0.2, 0) is 26.3 Å². The highest BCUT2D eigenvalue weighted by atomic mass is 35.5. The van der Waals surface area contributed by atoms with Crippen LogP contribution in [0.25, 0.3) is 0 Å². The average Bonchev–Trinajstić information content (AvgIpc) is 2.78. The van der Waals surface area contributed by atoms with Crippen molar-refractivity contribution in [3.05, 3.63) is 29.3 Å². The summed E-state index contributed by atoms with van der Waals surface area (Å²) >= 11 is 0. The highest BCUT2D eigenvalue weighted by molar-refractivity contribution is 5.85. The fourth-order valence-corrected chi connectivity index (χ4v) is 5.52. The predicted molar refractivity (Wildman–Crippen MR) is 123 cm³/mol. The van der Waals surface area contributed by atoms with Crippen molar-refractivity contribution in [3.63, 3.8) is 0 Å². The molecule has 1 amide bonds. The van der Waals surface area contributed by atoms with Gasteiger partial charge in [0.05, 0.1) is 19.8 Å². The molecule has 3 atom stereocenters.